The minimum atomic E-state index is 0.778. The summed E-state index contributed by atoms with van der Waals surface area (Å²) in [6, 6.07) is 0. The summed E-state index contributed by atoms with van der Waals surface area (Å²) in [4.78, 5) is 4.25. The van der Waals surface area contributed by atoms with Crippen molar-refractivity contribution in [1.29, 1.82) is 0 Å². The molecule has 0 saturated heterocycles. The lowest BCUT2D eigenvalue weighted by molar-refractivity contribution is 0.480. The zero-order valence-corrected chi connectivity index (χ0v) is 7.39. The molecule has 3 unspecified atom stereocenters. The van der Waals surface area contributed by atoms with Crippen LogP contribution in [0.1, 0.15) is 27.2 Å². The number of hydrogen-bond donors (Lipinski definition) is 0. The van der Waals surface area contributed by atoms with E-state index in [0.29, 0.717) is 0 Å². The molecule has 1 aliphatic rings. The third-order valence-electron chi connectivity index (χ3n) is 2.75. The van der Waals surface area contributed by atoms with Crippen LogP contribution in [0, 0.1) is 17.8 Å². The second-order valence-corrected chi connectivity index (χ2v) is 3.35. The van der Waals surface area contributed by atoms with Crippen LogP contribution in [-0.2, 0) is 0 Å². The van der Waals surface area contributed by atoms with Crippen molar-refractivity contribution in [1.82, 2.24) is 0 Å². The Labute approximate surface area is 63.5 Å². The fourth-order valence-corrected chi connectivity index (χ4v) is 1.79. The molecule has 0 aromatic heterocycles. The highest BCUT2D eigenvalue weighted by molar-refractivity contribution is 6.03. The summed E-state index contributed by atoms with van der Waals surface area (Å²) < 4.78 is 0. The molecular formula is C9H17N. The molecule has 1 aliphatic carbocycles. The van der Waals surface area contributed by atoms with Gasteiger partial charge in [-0.2, -0.15) is 0 Å². The summed E-state index contributed by atoms with van der Waals surface area (Å²) in [5, 5.41) is 0. The van der Waals surface area contributed by atoms with E-state index in [1.807, 2.05) is 7.05 Å². The van der Waals surface area contributed by atoms with Gasteiger partial charge in [0.15, 0.2) is 0 Å². The number of hydrogen-bond acceptors (Lipinski definition) is 1. The second-order valence-electron chi connectivity index (χ2n) is 3.35. The van der Waals surface area contributed by atoms with Crippen molar-refractivity contribution in [2.75, 3.05) is 7.05 Å². The average Bonchev–Trinajstić information content (AvgIpc) is 2.59. The van der Waals surface area contributed by atoms with Crippen LogP contribution in [0.15, 0.2) is 4.99 Å². The van der Waals surface area contributed by atoms with E-state index >= 15 is 0 Å². The quantitative estimate of drug-likeness (QED) is 0.557. The van der Waals surface area contributed by atoms with E-state index < -0.39 is 0 Å². The van der Waals surface area contributed by atoms with E-state index in [1.54, 1.807) is 0 Å². The molecule has 0 aromatic rings. The smallest absolute Gasteiger partial charge is 0.0276 e. The van der Waals surface area contributed by atoms with Crippen molar-refractivity contribution < 1.29 is 0 Å². The van der Waals surface area contributed by atoms with Crippen molar-refractivity contribution in [3.63, 3.8) is 0 Å². The Morgan fingerprint density at radius 2 is 2.20 bits per heavy atom. The number of nitrogens with zero attached hydrogens (tertiary/aromatic N) is 1. The van der Waals surface area contributed by atoms with Gasteiger partial charge in [0.25, 0.3) is 0 Å². The van der Waals surface area contributed by atoms with Crippen LogP contribution in [0.4, 0.5) is 0 Å². The molecule has 1 heteroatoms. The van der Waals surface area contributed by atoms with E-state index in [1.165, 1.54) is 12.1 Å². The molecule has 0 bridgehead atoms. The average molecular weight is 139 g/mol. The van der Waals surface area contributed by atoms with Gasteiger partial charge in [-0.1, -0.05) is 27.2 Å². The Morgan fingerprint density at radius 1 is 1.60 bits per heavy atom. The predicted octanol–water partition coefficient (Wildman–Crippen LogP) is 2.37. The van der Waals surface area contributed by atoms with Gasteiger partial charge in [-0.25, -0.2) is 0 Å². The van der Waals surface area contributed by atoms with Crippen LogP contribution in [0.3, 0.4) is 0 Å². The Balaban J connectivity index is 2.48. The third kappa shape index (κ3) is 1.09. The molecule has 3 atom stereocenters. The van der Waals surface area contributed by atoms with Crippen molar-refractivity contribution in [3.05, 3.63) is 0 Å². The fourth-order valence-electron chi connectivity index (χ4n) is 1.79. The second kappa shape index (κ2) is 2.73. The van der Waals surface area contributed by atoms with Gasteiger partial charge in [-0.15, -0.1) is 0 Å². The molecule has 0 amide bonds. The van der Waals surface area contributed by atoms with Gasteiger partial charge in [-0.05, 0) is 5.92 Å². The lowest BCUT2D eigenvalue weighted by Gasteiger charge is -2.02. The molecule has 0 N–H and O–H groups in total. The minimum Gasteiger partial charge on any atom is -0.297 e. The summed E-state index contributed by atoms with van der Waals surface area (Å²) in [6.45, 7) is 6.85. The van der Waals surface area contributed by atoms with Crippen molar-refractivity contribution in [2.24, 2.45) is 22.7 Å². The maximum Gasteiger partial charge on any atom is 0.0276 e. The van der Waals surface area contributed by atoms with Gasteiger partial charge in [0.2, 0.25) is 0 Å². The standard InChI is InChI=1S/C9H17N/c1-5-6(2)8-7(3)9(8)10-4/h6-8H,5H2,1-4H3. The summed E-state index contributed by atoms with van der Waals surface area (Å²) in [5.74, 6) is 2.43. The SMILES string of the molecule is CCC(C)C1C(=NC)C1C. The molecule has 0 aliphatic heterocycles. The zero-order valence-electron chi connectivity index (χ0n) is 7.39. The van der Waals surface area contributed by atoms with E-state index in [4.69, 9.17) is 0 Å². The van der Waals surface area contributed by atoms with Gasteiger partial charge in [0, 0.05) is 24.6 Å². The van der Waals surface area contributed by atoms with Crippen LogP contribution in [0.2, 0.25) is 0 Å². The molecule has 1 fully saturated rings. The molecule has 58 valence electrons. The molecule has 0 radical (unpaired) electrons. The van der Waals surface area contributed by atoms with Gasteiger partial charge in [0.1, 0.15) is 0 Å². The zero-order chi connectivity index (χ0) is 7.72. The molecule has 0 spiro atoms. The summed E-state index contributed by atoms with van der Waals surface area (Å²) in [5.41, 5.74) is 1.44. The molecule has 1 rings (SSSR count). The lowest BCUT2D eigenvalue weighted by atomic mass is 10.0. The van der Waals surface area contributed by atoms with E-state index in [9.17, 15) is 0 Å². The normalized spacial score (nSPS) is 38.2. The molecular weight excluding hydrogens is 122 g/mol. The third-order valence-corrected chi connectivity index (χ3v) is 2.75. The first-order valence-corrected chi connectivity index (χ1v) is 4.18. The highest BCUT2D eigenvalue weighted by Gasteiger charge is 2.44. The number of rotatable bonds is 2. The first kappa shape index (κ1) is 7.77. The van der Waals surface area contributed by atoms with Crippen LogP contribution in [-0.4, -0.2) is 12.8 Å². The monoisotopic (exact) mass is 139 g/mol. The van der Waals surface area contributed by atoms with E-state index in [-0.39, 0.29) is 0 Å². The van der Waals surface area contributed by atoms with Gasteiger partial charge >= 0.3 is 0 Å². The molecule has 1 saturated carbocycles. The van der Waals surface area contributed by atoms with Crippen molar-refractivity contribution >= 4 is 5.71 Å². The Hall–Kier alpha value is -0.330. The highest BCUT2D eigenvalue weighted by atomic mass is 14.8. The van der Waals surface area contributed by atoms with Crippen molar-refractivity contribution in [3.8, 4) is 0 Å². The van der Waals surface area contributed by atoms with Crippen LogP contribution < -0.4 is 0 Å². The first-order chi connectivity index (χ1) is 4.72. The highest BCUT2D eigenvalue weighted by Crippen LogP contribution is 2.41. The van der Waals surface area contributed by atoms with E-state index in [2.05, 4.69) is 25.8 Å². The molecule has 0 aromatic carbocycles. The molecule has 1 nitrogen and oxygen atoms in total. The topological polar surface area (TPSA) is 12.4 Å². The predicted molar refractivity (Wildman–Crippen MR) is 45.5 cm³/mol. The fraction of sp³-hybridized carbons (Fsp3) is 0.889. The Kier molecular flexibility index (Phi) is 2.12. The first-order valence-electron chi connectivity index (χ1n) is 4.18. The molecule has 10 heavy (non-hydrogen) atoms. The van der Waals surface area contributed by atoms with Crippen LogP contribution in [0.5, 0.6) is 0 Å². The minimum absolute atomic E-state index is 0.778. The summed E-state index contributed by atoms with van der Waals surface area (Å²) in [6.07, 6.45) is 1.29. The van der Waals surface area contributed by atoms with Gasteiger partial charge in [0.05, 0.1) is 0 Å². The Bertz CT molecular complexity index is 149. The van der Waals surface area contributed by atoms with Crippen molar-refractivity contribution in [2.45, 2.75) is 27.2 Å². The molecule has 0 heterocycles. The lowest BCUT2D eigenvalue weighted by Crippen LogP contribution is -1.96. The van der Waals surface area contributed by atoms with Crippen LogP contribution >= 0.6 is 0 Å². The van der Waals surface area contributed by atoms with Gasteiger partial charge in [-0.3, -0.25) is 4.99 Å². The Morgan fingerprint density at radius 3 is 2.50 bits per heavy atom. The van der Waals surface area contributed by atoms with Crippen LogP contribution in [0.25, 0.3) is 0 Å². The summed E-state index contributed by atoms with van der Waals surface area (Å²) >= 11 is 0. The van der Waals surface area contributed by atoms with Gasteiger partial charge < -0.3 is 0 Å². The number of aliphatic imine (C=N–C) groups is 1. The maximum absolute atomic E-state index is 4.25. The summed E-state index contributed by atoms with van der Waals surface area (Å²) in [7, 11) is 1.91. The largest absolute Gasteiger partial charge is 0.297 e. The maximum atomic E-state index is 4.25. The van der Waals surface area contributed by atoms with E-state index in [0.717, 1.165) is 17.8 Å².